The smallest absolute Gasteiger partial charge is 0.142 e. The lowest BCUT2D eigenvalue weighted by Gasteiger charge is -2.17. The highest BCUT2D eigenvalue weighted by atomic mass is 79.9. The van der Waals surface area contributed by atoms with Crippen LogP contribution in [-0.2, 0) is 0 Å². The van der Waals surface area contributed by atoms with Crippen molar-refractivity contribution in [1.82, 2.24) is 0 Å². The molecule has 0 saturated heterocycles. The number of halogens is 1. The minimum Gasteiger partial charge on any atom is -0.497 e. The van der Waals surface area contributed by atoms with Gasteiger partial charge in [-0.15, -0.1) is 11.3 Å². The van der Waals surface area contributed by atoms with Crippen LogP contribution >= 0.6 is 27.3 Å². The summed E-state index contributed by atoms with van der Waals surface area (Å²) in [5.41, 5.74) is 0.930. The Morgan fingerprint density at radius 1 is 1.16 bits per heavy atom. The molecule has 0 amide bonds. The number of anilines is 1. The fourth-order valence-electron chi connectivity index (χ4n) is 1.79. The van der Waals surface area contributed by atoms with Crippen molar-refractivity contribution in [2.75, 3.05) is 19.5 Å². The van der Waals surface area contributed by atoms with Crippen LogP contribution in [0.25, 0.3) is 0 Å². The van der Waals surface area contributed by atoms with Crippen molar-refractivity contribution in [1.29, 1.82) is 0 Å². The number of methoxy groups -OCH3 is 2. The number of hydrogen-bond acceptors (Lipinski definition) is 4. The summed E-state index contributed by atoms with van der Waals surface area (Å²) in [5, 5.41) is 3.45. The largest absolute Gasteiger partial charge is 0.497 e. The Morgan fingerprint density at radius 3 is 2.53 bits per heavy atom. The molecule has 0 saturated carbocycles. The molecule has 0 spiro atoms. The van der Waals surface area contributed by atoms with Gasteiger partial charge in [0.1, 0.15) is 11.5 Å². The number of benzene rings is 1. The fourth-order valence-corrected chi connectivity index (χ4v) is 3.22. The summed E-state index contributed by atoms with van der Waals surface area (Å²) in [5.74, 6) is 1.62. The van der Waals surface area contributed by atoms with Gasteiger partial charge in [-0.05, 0) is 47.1 Å². The highest BCUT2D eigenvalue weighted by molar-refractivity contribution is 9.11. The van der Waals surface area contributed by atoms with E-state index >= 15 is 0 Å². The van der Waals surface area contributed by atoms with E-state index in [4.69, 9.17) is 9.47 Å². The second-order valence-electron chi connectivity index (χ2n) is 4.07. The van der Waals surface area contributed by atoms with E-state index in [1.54, 1.807) is 25.6 Å². The van der Waals surface area contributed by atoms with E-state index in [0.29, 0.717) is 0 Å². The first-order valence-electron chi connectivity index (χ1n) is 5.88. The molecule has 102 valence electrons. The fraction of sp³-hybridized carbons (Fsp3) is 0.286. The molecular weight excluding hydrogens is 326 g/mol. The first-order valence-corrected chi connectivity index (χ1v) is 7.48. The van der Waals surface area contributed by atoms with Gasteiger partial charge in [-0.1, -0.05) is 0 Å². The monoisotopic (exact) mass is 341 g/mol. The van der Waals surface area contributed by atoms with Crippen LogP contribution in [-0.4, -0.2) is 14.2 Å². The van der Waals surface area contributed by atoms with Gasteiger partial charge >= 0.3 is 0 Å². The lowest BCUT2D eigenvalue weighted by Crippen LogP contribution is -2.06. The molecule has 1 unspecified atom stereocenters. The van der Waals surface area contributed by atoms with Crippen LogP contribution < -0.4 is 14.8 Å². The van der Waals surface area contributed by atoms with Crippen LogP contribution in [0.4, 0.5) is 5.69 Å². The standard InChI is InChI=1S/C14H16BrNO2S/c1-9(13-6-7-14(15)19-13)16-11-8-10(17-2)4-5-12(11)18-3/h4-9,16H,1-3H3. The van der Waals surface area contributed by atoms with Gasteiger partial charge in [0.2, 0.25) is 0 Å². The molecule has 1 aromatic carbocycles. The second-order valence-corrected chi connectivity index (χ2v) is 6.57. The minimum absolute atomic E-state index is 0.206. The summed E-state index contributed by atoms with van der Waals surface area (Å²) in [4.78, 5) is 1.26. The normalized spacial score (nSPS) is 12.0. The van der Waals surface area contributed by atoms with Gasteiger partial charge in [0.25, 0.3) is 0 Å². The summed E-state index contributed by atoms with van der Waals surface area (Å²) in [7, 11) is 3.32. The van der Waals surface area contributed by atoms with Gasteiger partial charge in [0.15, 0.2) is 0 Å². The summed E-state index contributed by atoms with van der Waals surface area (Å²) >= 11 is 5.20. The van der Waals surface area contributed by atoms with Gasteiger partial charge in [-0.25, -0.2) is 0 Å². The topological polar surface area (TPSA) is 30.5 Å². The van der Waals surface area contributed by atoms with Crippen LogP contribution in [0.3, 0.4) is 0 Å². The zero-order chi connectivity index (χ0) is 13.8. The average Bonchev–Trinajstić information content (AvgIpc) is 2.85. The quantitative estimate of drug-likeness (QED) is 0.854. The molecule has 2 rings (SSSR count). The van der Waals surface area contributed by atoms with Crippen LogP contribution in [0, 0.1) is 0 Å². The van der Waals surface area contributed by atoms with E-state index in [2.05, 4.69) is 40.3 Å². The van der Waals surface area contributed by atoms with Crippen LogP contribution in [0.15, 0.2) is 34.1 Å². The molecule has 0 bridgehead atoms. The summed E-state index contributed by atoms with van der Waals surface area (Å²) in [6.07, 6.45) is 0. The number of nitrogens with one attached hydrogen (secondary N) is 1. The van der Waals surface area contributed by atoms with Gasteiger partial charge in [-0.2, -0.15) is 0 Å². The first kappa shape index (κ1) is 14.2. The summed E-state index contributed by atoms with van der Waals surface area (Å²) in [6, 6.07) is 10.1. The lowest BCUT2D eigenvalue weighted by molar-refractivity contribution is 0.404. The zero-order valence-corrected chi connectivity index (χ0v) is 13.5. The van der Waals surface area contributed by atoms with Gasteiger partial charge in [0, 0.05) is 10.9 Å². The van der Waals surface area contributed by atoms with Gasteiger partial charge < -0.3 is 14.8 Å². The minimum atomic E-state index is 0.206. The van der Waals surface area contributed by atoms with Gasteiger partial charge in [-0.3, -0.25) is 0 Å². The predicted molar refractivity (Wildman–Crippen MR) is 83.6 cm³/mol. The van der Waals surface area contributed by atoms with E-state index in [9.17, 15) is 0 Å². The number of ether oxygens (including phenoxy) is 2. The Hall–Kier alpha value is -1.20. The van der Waals surface area contributed by atoms with E-state index in [1.165, 1.54) is 4.88 Å². The van der Waals surface area contributed by atoms with Crippen LogP contribution in [0.5, 0.6) is 11.5 Å². The van der Waals surface area contributed by atoms with Crippen molar-refractivity contribution in [3.05, 3.63) is 39.0 Å². The molecule has 0 radical (unpaired) electrons. The summed E-state index contributed by atoms with van der Waals surface area (Å²) in [6.45, 7) is 2.12. The van der Waals surface area contributed by atoms with E-state index < -0.39 is 0 Å². The van der Waals surface area contributed by atoms with Crippen molar-refractivity contribution in [2.45, 2.75) is 13.0 Å². The lowest BCUT2D eigenvalue weighted by atomic mass is 10.2. The molecule has 0 aliphatic rings. The predicted octanol–water partition coefficient (Wildman–Crippen LogP) is 4.70. The van der Waals surface area contributed by atoms with Gasteiger partial charge in [0.05, 0.1) is 29.7 Å². The Bertz CT molecular complexity index is 556. The van der Waals surface area contributed by atoms with Crippen molar-refractivity contribution in [3.63, 3.8) is 0 Å². The second kappa shape index (κ2) is 6.30. The zero-order valence-electron chi connectivity index (χ0n) is 11.1. The molecule has 1 aromatic heterocycles. The first-order chi connectivity index (χ1) is 9.13. The molecule has 3 nitrogen and oxygen atoms in total. The molecule has 1 atom stereocenters. The maximum Gasteiger partial charge on any atom is 0.142 e. The van der Waals surface area contributed by atoms with Crippen LogP contribution in [0.2, 0.25) is 0 Å². The van der Waals surface area contributed by atoms with Crippen molar-refractivity contribution >= 4 is 33.0 Å². The van der Waals surface area contributed by atoms with E-state index in [0.717, 1.165) is 21.0 Å². The molecule has 1 N–H and O–H groups in total. The van der Waals surface area contributed by atoms with Crippen molar-refractivity contribution in [3.8, 4) is 11.5 Å². The molecule has 5 heteroatoms. The Labute approximate surface area is 125 Å². The Balaban J connectivity index is 2.21. The van der Waals surface area contributed by atoms with Crippen LogP contribution in [0.1, 0.15) is 17.8 Å². The molecule has 0 aliphatic carbocycles. The Morgan fingerprint density at radius 2 is 1.95 bits per heavy atom. The van der Waals surface area contributed by atoms with Crippen molar-refractivity contribution < 1.29 is 9.47 Å². The number of hydrogen-bond donors (Lipinski definition) is 1. The van der Waals surface area contributed by atoms with E-state index in [1.807, 2.05) is 18.2 Å². The molecule has 2 aromatic rings. The van der Waals surface area contributed by atoms with Crippen molar-refractivity contribution in [2.24, 2.45) is 0 Å². The SMILES string of the molecule is COc1ccc(OC)c(NC(C)c2ccc(Br)s2)c1. The highest BCUT2D eigenvalue weighted by Crippen LogP contribution is 2.34. The maximum absolute atomic E-state index is 5.36. The molecule has 0 fully saturated rings. The highest BCUT2D eigenvalue weighted by Gasteiger charge is 2.11. The third kappa shape index (κ3) is 3.42. The molecular formula is C14H16BrNO2S. The molecule has 19 heavy (non-hydrogen) atoms. The number of rotatable bonds is 5. The third-order valence-electron chi connectivity index (χ3n) is 2.80. The molecule has 1 heterocycles. The maximum atomic E-state index is 5.36. The van der Waals surface area contributed by atoms with E-state index in [-0.39, 0.29) is 6.04 Å². The molecule has 0 aliphatic heterocycles. The number of thiophene rings is 1. The third-order valence-corrected chi connectivity index (χ3v) is 4.61. The summed E-state index contributed by atoms with van der Waals surface area (Å²) < 4.78 is 11.7. The average molecular weight is 342 g/mol. The Kier molecular flexibility index (Phi) is 4.71.